The molecule has 0 bridgehead atoms. The molecule has 1 saturated heterocycles. The van der Waals surface area contributed by atoms with E-state index >= 15 is 0 Å². The van der Waals surface area contributed by atoms with Crippen LogP contribution in [0.1, 0.15) is 26.7 Å². The van der Waals surface area contributed by atoms with Crippen molar-refractivity contribution >= 4 is 11.7 Å². The molecule has 5 heteroatoms. The Morgan fingerprint density at radius 3 is 2.86 bits per heavy atom. The lowest BCUT2D eigenvalue weighted by Gasteiger charge is -2.43. The second-order valence-corrected chi connectivity index (χ2v) is 5.69. The van der Waals surface area contributed by atoms with Crippen molar-refractivity contribution in [2.45, 2.75) is 38.3 Å². The monoisotopic (exact) mass is 294 g/mol. The van der Waals surface area contributed by atoms with Crippen LogP contribution in [0.15, 0.2) is 24.3 Å². The van der Waals surface area contributed by atoms with Crippen LogP contribution in [0.2, 0.25) is 0 Å². The Morgan fingerprint density at radius 2 is 2.24 bits per heavy atom. The van der Waals surface area contributed by atoms with Crippen molar-refractivity contribution < 1.29 is 13.9 Å². The molecule has 116 valence electrons. The van der Waals surface area contributed by atoms with Gasteiger partial charge in [-0.15, -0.1) is 0 Å². The molecule has 1 aromatic carbocycles. The molecule has 1 N–H and O–H groups in total. The van der Waals surface area contributed by atoms with Crippen molar-refractivity contribution in [3.63, 3.8) is 0 Å². The minimum absolute atomic E-state index is 0.224. The molecule has 0 radical (unpaired) electrons. The summed E-state index contributed by atoms with van der Waals surface area (Å²) >= 11 is 0. The third-order valence-corrected chi connectivity index (χ3v) is 4.20. The summed E-state index contributed by atoms with van der Waals surface area (Å²) in [7, 11) is 2.03. The van der Waals surface area contributed by atoms with E-state index in [-0.39, 0.29) is 17.8 Å². The van der Waals surface area contributed by atoms with Crippen molar-refractivity contribution in [1.82, 2.24) is 4.90 Å². The Kier molecular flexibility index (Phi) is 4.83. The Labute approximate surface area is 125 Å². The van der Waals surface area contributed by atoms with Crippen molar-refractivity contribution in [3.8, 4) is 0 Å². The van der Waals surface area contributed by atoms with E-state index < -0.39 is 5.54 Å². The van der Waals surface area contributed by atoms with Gasteiger partial charge in [-0.3, -0.25) is 0 Å². The van der Waals surface area contributed by atoms with Gasteiger partial charge in [0.05, 0.1) is 12.3 Å². The second-order valence-electron chi connectivity index (χ2n) is 5.69. The molecule has 1 fully saturated rings. The Bertz CT molecular complexity index is 509. The topological polar surface area (TPSA) is 41.6 Å². The molecular weight excluding hydrogens is 271 g/mol. The van der Waals surface area contributed by atoms with Gasteiger partial charge in [0.25, 0.3) is 0 Å². The average Bonchev–Trinajstić information content (AvgIpc) is 2.46. The molecule has 2 rings (SSSR count). The van der Waals surface area contributed by atoms with Crippen LogP contribution in [0.25, 0.3) is 0 Å². The number of nitrogens with one attached hydrogen (secondary N) is 1. The first-order valence-electron chi connectivity index (χ1n) is 7.38. The lowest BCUT2D eigenvalue weighted by molar-refractivity contribution is -0.151. The zero-order valence-electron chi connectivity index (χ0n) is 12.9. The van der Waals surface area contributed by atoms with E-state index in [0.717, 1.165) is 6.54 Å². The van der Waals surface area contributed by atoms with Crippen LogP contribution in [0.5, 0.6) is 0 Å². The number of rotatable bonds is 4. The molecule has 4 nitrogen and oxygen atoms in total. The summed E-state index contributed by atoms with van der Waals surface area (Å²) in [5.41, 5.74) is -0.508. The predicted molar refractivity (Wildman–Crippen MR) is 80.7 cm³/mol. The normalized spacial score (nSPS) is 26.4. The highest BCUT2D eigenvalue weighted by Crippen LogP contribution is 2.32. The highest BCUT2D eigenvalue weighted by molar-refractivity contribution is 5.85. The van der Waals surface area contributed by atoms with E-state index in [9.17, 15) is 9.18 Å². The summed E-state index contributed by atoms with van der Waals surface area (Å²) in [6.07, 6.45) is 1.19. The maximum absolute atomic E-state index is 13.9. The summed E-state index contributed by atoms with van der Waals surface area (Å²) in [6, 6.07) is 6.65. The zero-order chi connectivity index (χ0) is 15.5. The third kappa shape index (κ3) is 3.35. The van der Waals surface area contributed by atoms with Gasteiger partial charge in [0.15, 0.2) is 0 Å². The summed E-state index contributed by atoms with van der Waals surface area (Å²) < 4.78 is 19.2. The van der Waals surface area contributed by atoms with E-state index in [4.69, 9.17) is 4.74 Å². The number of hydrogen-bond donors (Lipinski definition) is 1. The molecule has 1 heterocycles. The van der Waals surface area contributed by atoms with Gasteiger partial charge in [0, 0.05) is 12.6 Å². The molecule has 0 amide bonds. The zero-order valence-corrected chi connectivity index (χ0v) is 12.9. The number of anilines is 1. The largest absolute Gasteiger partial charge is 0.464 e. The van der Waals surface area contributed by atoms with Crippen LogP contribution in [-0.4, -0.2) is 42.6 Å². The summed E-state index contributed by atoms with van der Waals surface area (Å²) in [4.78, 5) is 14.7. The van der Waals surface area contributed by atoms with Crippen LogP contribution in [0.4, 0.5) is 10.1 Å². The van der Waals surface area contributed by atoms with Gasteiger partial charge in [-0.2, -0.15) is 0 Å². The fourth-order valence-corrected chi connectivity index (χ4v) is 2.79. The standard InChI is InChI=1S/C16H23FN2O2/c1-4-21-15(20)16(9-10-19(3)12(2)11-16)18-14-8-6-5-7-13(14)17/h5-8,12,18H,4,9-11H2,1-3H3. The SMILES string of the molecule is CCOC(=O)C1(Nc2ccccc2F)CCN(C)C(C)C1. The number of hydrogen-bond acceptors (Lipinski definition) is 4. The number of benzene rings is 1. The maximum Gasteiger partial charge on any atom is 0.331 e. The Morgan fingerprint density at radius 1 is 1.52 bits per heavy atom. The highest BCUT2D eigenvalue weighted by atomic mass is 19.1. The first kappa shape index (κ1) is 15.8. The van der Waals surface area contributed by atoms with E-state index in [1.54, 1.807) is 25.1 Å². The fourth-order valence-electron chi connectivity index (χ4n) is 2.79. The van der Waals surface area contributed by atoms with Gasteiger partial charge in [-0.05, 0) is 45.9 Å². The van der Waals surface area contributed by atoms with Gasteiger partial charge < -0.3 is 15.0 Å². The number of nitrogens with zero attached hydrogens (tertiary/aromatic N) is 1. The van der Waals surface area contributed by atoms with Crippen molar-refractivity contribution in [3.05, 3.63) is 30.1 Å². The summed E-state index contributed by atoms with van der Waals surface area (Å²) in [5, 5.41) is 3.12. The molecule has 0 spiro atoms. The first-order valence-corrected chi connectivity index (χ1v) is 7.38. The van der Waals surface area contributed by atoms with Crippen LogP contribution in [0, 0.1) is 5.82 Å². The van der Waals surface area contributed by atoms with E-state index in [2.05, 4.69) is 17.1 Å². The maximum atomic E-state index is 13.9. The predicted octanol–water partition coefficient (Wildman–Crippen LogP) is 2.65. The quantitative estimate of drug-likeness (QED) is 0.867. The van der Waals surface area contributed by atoms with Gasteiger partial charge in [-0.25, -0.2) is 9.18 Å². The van der Waals surface area contributed by atoms with Crippen molar-refractivity contribution in [1.29, 1.82) is 0 Å². The van der Waals surface area contributed by atoms with Crippen molar-refractivity contribution in [2.75, 3.05) is 25.5 Å². The van der Waals surface area contributed by atoms with E-state index in [1.165, 1.54) is 6.07 Å². The highest BCUT2D eigenvalue weighted by Gasteiger charge is 2.45. The fraction of sp³-hybridized carbons (Fsp3) is 0.562. The van der Waals surface area contributed by atoms with Gasteiger partial charge in [0.2, 0.25) is 0 Å². The molecule has 1 aliphatic heterocycles. The Hall–Kier alpha value is -1.62. The number of esters is 1. The molecule has 0 aromatic heterocycles. The number of likely N-dealkylation sites (tertiary alicyclic amines) is 1. The Balaban J connectivity index is 2.28. The number of ether oxygens (including phenoxy) is 1. The molecule has 1 aromatic rings. The molecule has 21 heavy (non-hydrogen) atoms. The van der Waals surface area contributed by atoms with Crippen LogP contribution in [-0.2, 0) is 9.53 Å². The molecule has 2 unspecified atom stereocenters. The van der Waals surface area contributed by atoms with Crippen molar-refractivity contribution in [2.24, 2.45) is 0 Å². The summed E-state index contributed by atoms with van der Waals surface area (Å²) in [6.45, 7) is 4.94. The number of piperidine rings is 1. The lowest BCUT2D eigenvalue weighted by Crippen LogP contribution is -2.57. The number of halogens is 1. The molecule has 2 atom stereocenters. The van der Waals surface area contributed by atoms with Crippen LogP contribution in [0.3, 0.4) is 0 Å². The number of para-hydroxylation sites is 1. The van der Waals surface area contributed by atoms with Crippen LogP contribution >= 0.6 is 0 Å². The first-order chi connectivity index (χ1) is 9.98. The summed E-state index contributed by atoms with van der Waals surface area (Å²) in [5.74, 6) is -0.652. The van der Waals surface area contributed by atoms with E-state index in [1.807, 2.05) is 7.05 Å². The average molecular weight is 294 g/mol. The molecular formula is C16H23FN2O2. The lowest BCUT2D eigenvalue weighted by atomic mass is 9.83. The minimum atomic E-state index is -0.857. The molecule has 1 aliphatic rings. The molecule has 0 saturated carbocycles. The number of carbonyl (C=O) groups is 1. The molecule has 0 aliphatic carbocycles. The van der Waals surface area contributed by atoms with Gasteiger partial charge in [0.1, 0.15) is 11.4 Å². The van der Waals surface area contributed by atoms with Gasteiger partial charge in [-0.1, -0.05) is 12.1 Å². The number of carbonyl (C=O) groups excluding carboxylic acids is 1. The minimum Gasteiger partial charge on any atom is -0.464 e. The van der Waals surface area contributed by atoms with E-state index in [0.29, 0.717) is 25.1 Å². The van der Waals surface area contributed by atoms with Gasteiger partial charge >= 0.3 is 5.97 Å². The smallest absolute Gasteiger partial charge is 0.331 e. The van der Waals surface area contributed by atoms with Crippen LogP contribution < -0.4 is 5.32 Å². The second kappa shape index (κ2) is 6.43. The third-order valence-electron chi connectivity index (χ3n) is 4.20.